The van der Waals surface area contributed by atoms with Crippen LogP contribution in [0.15, 0.2) is 30.3 Å². The second-order valence-corrected chi connectivity index (χ2v) is 4.72. The predicted octanol–water partition coefficient (Wildman–Crippen LogP) is 3.10. The van der Waals surface area contributed by atoms with Crippen LogP contribution in [0, 0.1) is 13.8 Å². The fraction of sp³-hybridized carbons (Fsp3) is 0.286. The zero-order valence-electron chi connectivity index (χ0n) is 10.6. The first-order valence-corrected chi connectivity index (χ1v) is 6.60. The maximum absolute atomic E-state index is 4.27. The molecule has 2 rings (SSSR count). The Morgan fingerprint density at radius 2 is 1.94 bits per heavy atom. The Morgan fingerprint density at radius 1 is 1.11 bits per heavy atom. The minimum atomic E-state index is 0.778. The highest BCUT2D eigenvalue weighted by Gasteiger charge is 2.04. The highest BCUT2D eigenvalue weighted by Crippen LogP contribution is 2.22. The highest BCUT2D eigenvalue weighted by atomic mass is 32.1. The van der Waals surface area contributed by atoms with Crippen LogP contribution in [-0.4, -0.2) is 22.5 Å². The third-order valence-electron chi connectivity index (χ3n) is 2.75. The second-order valence-electron chi connectivity index (χ2n) is 4.27. The molecule has 0 saturated carbocycles. The number of hydrogen-bond acceptors (Lipinski definition) is 4. The van der Waals surface area contributed by atoms with Crippen molar-refractivity contribution in [1.82, 2.24) is 10.2 Å². The first kappa shape index (κ1) is 12.9. The van der Waals surface area contributed by atoms with Crippen LogP contribution in [0.4, 0.5) is 5.82 Å². The van der Waals surface area contributed by atoms with Crippen LogP contribution in [0.2, 0.25) is 0 Å². The summed E-state index contributed by atoms with van der Waals surface area (Å²) >= 11 is 4.14. The summed E-state index contributed by atoms with van der Waals surface area (Å²) in [6.45, 7) is 4.96. The van der Waals surface area contributed by atoms with Crippen molar-refractivity contribution in [2.75, 3.05) is 17.6 Å². The Kier molecular flexibility index (Phi) is 4.20. The number of aromatic nitrogens is 2. The number of nitrogens with zero attached hydrogens (tertiary/aromatic N) is 2. The Hall–Kier alpha value is -1.55. The molecule has 0 aliphatic carbocycles. The summed E-state index contributed by atoms with van der Waals surface area (Å²) in [5.41, 5.74) is 4.50. The van der Waals surface area contributed by atoms with Gasteiger partial charge in [0.1, 0.15) is 5.82 Å². The lowest BCUT2D eigenvalue weighted by atomic mass is 10.0. The molecule has 0 aliphatic heterocycles. The zero-order valence-corrected chi connectivity index (χ0v) is 11.5. The van der Waals surface area contributed by atoms with E-state index in [9.17, 15) is 0 Å². The molecule has 0 fully saturated rings. The van der Waals surface area contributed by atoms with Gasteiger partial charge in [0.05, 0.1) is 5.69 Å². The SMILES string of the molecule is Cc1ccc(C)c(-c2ccc(NCCS)nn2)c1. The molecule has 0 amide bonds. The van der Waals surface area contributed by atoms with Crippen molar-refractivity contribution in [1.29, 1.82) is 0 Å². The van der Waals surface area contributed by atoms with Crippen LogP contribution < -0.4 is 5.32 Å². The lowest BCUT2D eigenvalue weighted by molar-refractivity contribution is 1.02. The minimum Gasteiger partial charge on any atom is -0.368 e. The third-order valence-corrected chi connectivity index (χ3v) is 2.98. The van der Waals surface area contributed by atoms with Crippen LogP contribution in [0.5, 0.6) is 0 Å². The first-order chi connectivity index (χ1) is 8.70. The number of hydrogen-bond donors (Lipinski definition) is 2. The number of anilines is 1. The molecule has 0 saturated heterocycles. The molecule has 0 radical (unpaired) electrons. The Morgan fingerprint density at radius 3 is 2.61 bits per heavy atom. The standard InChI is InChI=1S/C14H17N3S/c1-10-3-4-11(2)12(9-10)13-5-6-14(17-16-13)15-7-8-18/h3-6,9,18H,7-8H2,1-2H3,(H,15,17). The van der Waals surface area contributed by atoms with E-state index in [1.54, 1.807) is 0 Å². The van der Waals surface area contributed by atoms with E-state index >= 15 is 0 Å². The van der Waals surface area contributed by atoms with Crippen molar-refractivity contribution in [3.05, 3.63) is 41.5 Å². The van der Waals surface area contributed by atoms with Crippen molar-refractivity contribution in [3.8, 4) is 11.3 Å². The molecular formula is C14H17N3S. The molecule has 94 valence electrons. The van der Waals surface area contributed by atoms with Crippen LogP contribution >= 0.6 is 12.6 Å². The number of rotatable bonds is 4. The lowest BCUT2D eigenvalue weighted by Gasteiger charge is -2.07. The van der Waals surface area contributed by atoms with Crippen LogP contribution in [-0.2, 0) is 0 Å². The topological polar surface area (TPSA) is 37.8 Å². The van der Waals surface area contributed by atoms with Gasteiger partial charge in [0.2, 0.25) is 0 Å². The van der Waals surface area contributed by atoms with E-state index in [1.807, 2.05) is 12.1 Å². The molecule has 3 nitrogen and oxygen atoms in total. The molecule has 1 aromatic carbocycles. The van der Waals surface area contributed by atoms with Crippen molar-refractivity contribution in [2.45, 2.75) is 13.8 Å². The largest absolute Gasteiger partial charge is 0.368 e. The van der Waals surface area contributed by atoms with Crippen molar-refractivity contribution < 1.29 is 0 Å². The highest BCUT2D eigenvalue weighted by molar-refractivity contribution is 7.80. The van der Waals surface area contributed by atoms with Gasteiger partial charge >= 0.3 is 0 Å². The molecule has 1 N–H and O–H groups in total. The van der Waals surface area contributed by atoms with E-state index in [1.165, 1.54) is 11.1 Å². The smallest absolute Gasteiger partial charge is 0.148 e. The summed E-state index contributed by atoms with van der Waals surface area (Å²) in [6, 6.07) is 10.3. The molecule has 0 aliphatic rings. The zero-order chi connectivity index (χ0) is 13.0. The van der Waals surface area contributed by atoms with E-state index in [0.29, 0.717) is 0 Å². The van der Waals surface area contributed by atoms with Gasteiger partial charge < -0.3 is 5.32 Å². The maximum Gasteiger partial charge on any atom is 0.148 e. The lowest BCUT2D eigenvalue weighted by Crippen LogP contribution is -2.05. The quantitative estimate of drug-likeness (QED) is 0.829. The van der Waals surface area contributed by atoms with E-state index in [0.717, 1.165) is 29.4 Å². The molecule has 18 heavy (non-hydrogen) atoms. The van der Waals surface area contributed by atoms with E-state index in [-0.39, 0.29) is 0 Å². The Bertz CT molecular complexity index is 523. The van der Waals surface area contributed by atoms with Gasteiger partial charge in [-0.25, -0.2) is 0 Å². The molecule has 1 heterocycles. The van der Waals surface area contributed by atoms with E-state index < -0.39 is 0 Å². The summed E-state index contributed by atoms with van der Waals surface area (Å²) in [5.74, 6) is 1.57. The average molecular weight is 259 g/mol. The Labute approximate surface area is 113 Å². The van der Waals surface area contributed by atoms with E-state index in [4.69, 9.17) is 0 Å². The first-order valence-electron chi connectivity index (χ1n) is 5.97. The number of benzene rings is 1. The minimum absolute atomic E-state index is 0.778. The van der Waals surface area contributed by atoms with Crippen LogP contribution in [0.3, 0.4) is 0 Å². The summed E-state index contributed by atoms with van der Waals surface area (Å²) in [6.07, 6.45) is 0. The van der Waals surface area contributed by atoms with Crippen LogP contribution in [0.25, 0.3) is 11.3 Å². The predicted molar refractivity (Wildman–Crippen MR) is 79.3 cm³/mol. The summed E-state index contributed by atoms with van der Waals surface area (Å²) < 4.78 is 0. The molecule has 0 unspecified atom stereocenters. The van der Waals surface area contributed by atoms with Gasteiger partial charge in [-0.1, -0.05) is 17.7 Å². The fourth-order valence-corrected chi connectivity index (χ4v) is 1.88. The molecule has 0 spiro atoms. The maximum atomic E-state index is 4.27. The van der Waals surface area contributed by atoms with Gasteiger partial charge in [-0.15, -0.1) is 10.2 Å². The Balaban J connectivity index is 2.25. The van der Waals surface area contributed by atoms with Gasteiger partial charge in [0.25, 0.3) is 0 Å². The van der Waals surface area contributed by atoms with Gasteiger partial charge in [-0.3, -0.25) is 0 Å². The molecule has 4 heteroatoms. The van der Waals surface area contributed by atoms with Crippen LogP contribution in [0.1, 0.15) is 11.1 Å². The molecular weight excluding hydrogens is 242 g/mol. The number of aryl methyl sites for hydroxylation is 2. The average Bonchev–Trinajstić information content (AvgIpc) is 2.40. The summed E-state index contributed by atoms with van der Waals surface area (Å²) in [7, 11) is 0. The molecule has 0 atom stereocenters. The van der Waals surface area contributed by atoms with E-state index in [2.05, 4.69) is 60.2 Å². The third kappa shape index (κ3) is 3.01. The number of thiol groups is 1. The molecule has 2 aromatic rings. The monoisotopic (exact) mass is 259 g/mol. The molecule has 1 aromatic heterocycles. The summed E-state index contributed by atoms with van der Waals surface area (Å²) in [4.78, 5) is 0. The van der Waals surface area contributed by atoms with Gasteiger partial charge in [-0.2, -0.15) is 12.6 Å². The van der Waals surface area contributed by atoms with Crippen molar-refractivity contribution >= 4 is 18.4 Å². The van der Waals surface area contributed by atoms with Crippen molar-refractivity contribution in [3.63, 3.8) is 0 Å². The van der Waals surface area contributed by atoms with Crippen molar-refractivity contribution in [2.24, 2.45) is 0 Å². The molecule has 0 bridgehead atoms. The van der Waals surface area contributed by atoms with Gasteiger partial charge in [0.15, 0.2) is 0 Å². The summed E-state index contributed by atoms with van der Waals surface area (Å²) in [5, 5.41) is 11.6. The van der Waals surface area contributed by atoms with Gasteiger partial charge in [-0.05, 0) is 37.6 Å². The fourth-order valence-electron chi connectivity index (χ4n) is 1.77. The van der Waals surface area contributed by atoms with Gasteiger partial charge in [0, 0.05) is 17.9 Å². The second kappa shape index (κ2) is 5.87. The normalized spacial score (nSPS) is 10.4. The number of nitrogens with one attached hydrogen (secondary N) is 1.